The van der Waals surface area contributed by atoms with E-state index in [1.807, 2.05) is 0 Å². The SMILES string of the molecule is CCCCCC[Se]c1nnnn1CC(N)=O. The van der Waals surface area contributed by atoms with E-state index in [9.17, 15) is 4.79 Å². The Morgan fingerprint density at radius 1 is 1.44 bits per heavy atom. The van der Waals surface area contributed by atoms with Gasteiger partial charge in [0.25, 0.3) is 0 Å². The van der Waals surface area contributed by atoms with E-state index >= 15 is 0 Å². The first-order chi connectivity index (χ1) is 7.74. The molecule has 6 nitrogen and oxygen atoms in total. The van der Waals surface area contributed by atoms with Crippen molar-refractivity contribution >= 4 is 25.6 Å². The standard InChI is InChI=1S/C9H17N5OSe/c1-2-3-4-5-6-16-9-11-12-13-14(9)7-8(10)15/h2-7H2,1H3,(H2,10,15). The van der Waals surface area contributed by atoms with Crippen LogP contribution in [0.25, 0.3) is 0 Å². The number of carbonyl (C=O) groups is 1. The number of tetrazole rings is 1. The number of amides is 1. The second-order valence-electron chi connectivity index (χ2n) is 3.49. The van der Waals surface area contributed by atoms with Gasteiger partial charge in [0, 0.05) is 0 Å². The third-order valence-electron chi connectivity index (χ3n) is 2.03. The number of nitrogens with zero attached hydrogens (tertiary/aromatic N) is 4. The van der Waals surface area contributed by atoms with E-state index in [0.717, 1.165) is 10.0 Å². The minimum absolute atomic E-state index is 0.0824. The molecule has 0 aliphatic carbocycles. The third kappa shape index (κ3) is 4.72. The number of unbranched alkanes of at least 4 members (excludes halogenated alkanes) is 3. The first kappa shape index (κ1) is 13.1. The van der Waals surface area contributed by atoms with Crippen molar-refractivity contribution in [1.29, 1.82) is 0 Å². The normalized spacial score (nSPS) is 10.6. The van der Waals surface area contributed by atoms with Crippen LogP contribution in [0.2, 0.25) is 5.32 Å². The summed E-state index contributed by atoms with van der Waals surface area (Å²) in [7, 11) is 0. The van der Waals surface area contributed by atoms with Crippen molar-refractivity contribution in [3.63, 3.8) is 0 Å². The molecule has 0 unspecified atom stereocenters. The van der Waals surface area contributed by atoms with Crippen LogP contribution >= 0.6 is 0 Å². The maximum absolute atomic E-state index is 10.7. The summed E-state index contributed by atoms with van der Waals surface area (Å²) in [6.45, 7) is 2.28. The van der Waals surface area contributed by atoms with E-state index < -0.39 is 5.91 Å². The fourth-order valence-electron chi connectivity index (χ4n) is 1.24. The Kier molecular flexibility index (Phi) is 6.03. The number of hydrogen-bond acceptors (Lipinski definition) is 4. The Hall–Kier alpha value is -0.941. The maximum atomic E-state index is 10.7. The zero-order valence-electron chi connectivity index (χ0n) is 9.43. The molecule has 0 aromatic carbocycles. The van der Waals surface area contributed by atoms with Crippen LogP contribution in [-0.2, 0) is 11.3 Å². The summed E-state index contributed by atoms with van der Waals surface area (Å²) in [6, 6.07) is 0. The van der Waals surface area contributed by atoms with Gasteiger partial charge in [-0.25, -0.2) is 0 Å². The summed E-state index contributed by atoms with van der Waals surface area (Å²) in [4.78, 5) is 10.7. The van der Waals surface area contributed by atoms with Gasteiger partial charge in [-0.2, -0.15) is 0 Å². The van der Waals surface area contributed by atoms with Gasteiger partial charge >= 0.3 is 101 Å². The van der Waals surface area contributed by atoms with Gasteiger partial charge in [0.1, 0.15) is 0 Å². The molecule has 0 bridgehead atoms. The molecule has 16 heavy (non-hydrogen) atoms. The average molecular weight is 290 g/mol. The van der Waals surface area contributed by atoms with Crippen LogP contribution in [0.1, 0.15) is 32.6 Å². The van der Waals surface area contributed by atoms with Crippen LogP contribution in [0.4, 0.5) is 0 Å². The molecule has 7 heteroatoms. The molecule has 0 spiro atoms. The van der Waals surface area contributed by atoms with Gasteiger partial charge < -0.3 is 0 Å². The molecule has 0 fully saturated rings. The summed E-state index contributed by atoms with van der Waals surface area (Å²) in [5, 5.41) is 12.3. The Bertz CT molecular complexity index is 327. The van der Waals surface area contributed by atoms with Gasteiger partial charge in [-0.05, 0) is 0 Å². The van der Waals surface area contributed by atoms with Crippen molar-refractivity contribution < 1.29 is 4.79 Å². The Morgan fingerprint density at radius 3 is 2.94 bits per heavy atom. The van der Waals surface area contributed by atoms with E-state index in [1.165, 1.54) is 30.4 Å². The van der Waals surface area contributed by atoms with Crippen molar-refractivity contribution in [2.75, 3.05) is 0 Å². The second kappa shape index (κ2) is 7.35. The van der Waals surface area contributed by atoms with Gasteiger partial charge in [-0.1, -0.05) is 0 Å². The number of primary amides is 1. The molecule has 1 aromatic heterocycles. The van der Waals surface area contributed by atoms with Gasteiger partial charge in [0.2, 0.25) is 0 Å². The zero-order chi connectivity index (χ0) is 11.8. The van der Waals surface area contributed by atoms with Gasteiger partial charge in [0.15, 0.2) is 0 Å². The summed E-state index contributed by atoms with van der Waals surface area (Å²) in [5.74, 6) is -0.407. The molecule has 1 amide bonds. The quantitative estimate of drug-likeness (QED) is 0.516. The second-order valence-corrected chi connectivity index (χ2v) is 5.72. The molecular formula is C9H17N5OSe. The monoisotopic (exact) mass is 291 g/mol. The van der Waals surface area contributed by atoms with E-state index in [1.54, 1.807) is 0 Å². The number of rotatable bonds is 8. The van der Waals surface area contributed by atoms with Crippen LogP contribution in [0.3, 0.4) is 0 Å². The van der Waals surface area contributed by atoms with Crippen molar-refractivity contribution in [2.45, 2.75) is 44.5 Å². The fourth-order valence-corrected chi connectivity index (χ4v) is 3.08. The average Bonchev–Trinajstić information content (AvgIpc) is 2.64. The molecule has 1 aromatic rings. The minimum atomic E-state index is -0.407. The van der Waals surface area contributed by atoms with Crippen molar-refractivity contribution in [2.24, 2.45) is 5.73 Å². The topological polar surface area (TPSA) is 86.7 Å². The Morgan fingerprint density at radius 2 is 2.25 bits per heavy atom. The van der Waals surface area contributed by atoms with Gasteiger partial charge in [-0.15, -0.1) is 0 Å². The van der Waals surface area contributed by atoms with Gasteiger partial charge in [-0.3, -0.25) is 0 Å². The summed E-state index contributed by atoms with van der Waals surface area (Å²) in [6.07, 6.45) is 4.99. The Balaban J connectivity index is 2.30. The molecule has 0 saturated carbocycles. The van der Waals surface area contributed by atoms with Crippen LogP contribution < -0.4 is 10.5 Å². The number of nitrogens with two attached hydrogens (primary N) is 1. The first-order valence-corrected chi connectivity index (χ1v) is 7.48. The molecular weight excluding hydrogens is 273 g/mol. The molecule has 0 aliphatic heterocycles. The predicted octanol–water partition coefficient (Wildman–Crippen LogP) is -0.513. The molecule has 0 radical (unpaired) electrons. The van der Waals surface area contributed by atoms with E-state index in [-0.39, 0.29) is 21.5 Å². The van der Waals surface area contributed by atoms with Crippen molar-refractivity contribution in [3.05, 3.63) is 0 Å². The number of aromatic nitrogens is 4. The van der Waals surface area contributed by atoms with E-state index in [2.05, 4.69) is 22.4 Å². The third-order valence-corrected chi connectivity index (χ3v) is 4.22. The predicted molar refractivity (Wildman–Crippen MR) is 61.3 cm³/mol. The van der Waals surface area contributed by atoms with E-state index in [0.29, 0.717) is 0 Å². The van der Waals surface area contributed by atoms with Crippen LogP contribution in [0.15, 0.2) is 0 Å². The van der Waals surface area contributed by atoms with Gasteiger partial charge in [0.05, 0.1) is 0 Å². The fraction of sp³-hybridized carbons (Fsp3) is 0.778. The summed E-state index contributed by atoms with van der Waals surface area (Å²) in [5.41, 5.74) is 5.10. The first-order valence-electron chi connectivity index (χ1n) is 5.41. The van der Waals surface area contributed by atoms with Crippen LogP contribution in [0.5, 0.6) is 0 Å². The molecule has 0 aliphatic rings. The molecule has 90 valence electrons. The van der Waals surface area contributed by atoms with Crippen LogP contribution in [-0.4, -0.2) is 41.1 Å². The van der Waals surface area contributed by atoms with Crippen molar-refractivity contribution in [1.82, 2.24) is 20.2 Å². The summed E-state index contributed by atoms with van der Waals surface area (Å²) >= 11 is 0.243. The van der Waals surface area contributed by atoms with Crippen molar-refractivity contribution in [3.8, 4) is 0 Å². The number of hydrogen-bond donors (Lipinski definition) is 1. The molecule has 1 rings (SSSR count). The molecule has 1 heterocycles. The Labute approximate surface area is 101 Å². The molecule has 0 saturated heterocycles. The molecule has 0 atom stereocenters. The number of carbonyl (C=O) groups excluding carboxylic acids is 1. The summed E-state index contributed by atoms with van der Waals surface area (Å²) < 4.78 is 2.31. The molecule has 2 N–H and O–H groups in total. The zero-order valence-corrected chi connectivity index (χ0v) is 11.1. The van der Waals surface area contributed by atoms with E-state index in [4.69, 9.17) is 5.73 Å². The van der Waals surface area contributed by atoms with Crippen LogP contribution in [0, 0.1) is 0 Å².